The Morgan fingerprint density at radius 3 is 2.27 bits per heavy atom. The zero-order valence-electron chi connectivity index (χ0n) is 19.3. The molecule has 30 heavy (non-hydrogen) atoms. The number of benzene rings is 2. The van der Waals surface area contributed by atoms with Gasteiger partial charge in [-0.2, -0.15) is 0 Å². The maximum atomic E-state index is 3.85. The van der Waals surface area contributed by atoms with Crippen LogP contribution in [0.3, 0.4) is 0 Å². The molecule has 1 nitrogen and oxygen atoms in total. The first-order valence-electron chi connectivity index (χ1n) is 11.0. The number of hydrogen-bond donors (Lipinski definition) is 1. The van der Waals surface area contributed by atoms with Gasteiger partial charge in [-0.15, -0.1) is 0 Å². The van der Waals surface area contributed by atoms with E-state index in [4.69, 9.17) is 0 Å². The molecule has 0 aliphatic carbocycles. The summed E-state index contributed by atoms with van der Waals surface area (Å²) < 4.78 is 0. The first-order valence-corrected chi connectivity index (χ1v) is 11.0. The first kappa shape index (κ1) is 23.5. The van der Waals surface area contributed by atoms with Gasteiger partial charge in [0.1, 0.15) is 0 Å². The highest BCUT2D eigenvalue weighted by Crippen LogP contribution is 2.23. The molecule has 158 valence electrons. The van der Waals surface area contributed by atoms with E-state index >= 15 is 0 Å². The van der Waals surface area contributed by atoms with Crippen molar-refractivity contribution < 1.29 is 0 Å². The lowest BCUT2D eigenvalue weighted by atomic mass is 9.96. The molecular formula is C29H37N. The van der Waals surface area contributed by atoms with Crippen molar-refractivity contribution in [1.82, 2.24) is 5.32 Å². The second kappa shape index (κ2) is 12.0. The molecule has 1 N–H and O–H groups in total. The van der Waals surface area contributed by atoms with Crippen LogP contribution in [-0.2, 0) is 0 Å². The fourth-order valence-electron chi connectivity index (χ4n) is 3.37. The van der Waals surface area contributed by atoms with E-state index in [9.17, 15) is 0 Å². The molecule has 0 aliphatic rings. The van der Waals surface area contributed by atoms with Crippen molar-refractivity contribution in [3.63, 3.8) is 0 Å². The number of rotatable bonds is 10. The SMILES string of the molecule is C=Cc1ccc(C(CC(C)C)N/C=C(C)/C=C(\C=C/CC)c2ccc(C)cc2)cc1. The van der Waals surface area contributed by atoms with Gasteiger partial charge in [0.25, 0.3) is 0 Å². The van der Waals surface area contributed by atoms with E-state index in [2.05, 4.69) is 119 Å². The summed E-state index contributed by atoms with van der Waals surface area (Å²) in [6.45, 7) is 14.9. The minimum atomic E-state index is 0.293. The van der Waals surface area contributed by atoms with Crippen molar-refractivity contribution in [3.8, 4) is 0 Å². The molecule has 1 atom stereocenters. The summed E-state index contributed by atoms with van der Waals surface area (Å²) in [5.74, 6) is 0.612. The molecule has 0 bridgehead atoms. The zero-order chi connectivity index (χ0) is 21.9. The second-order valence-corrected chi connectivity index (χ2v) is 8.38. The lowest BCUT2D eigenvalue weighted by Gasteiger charge is -2.21. The fraction of sp³-hybridized carbons (Fsp3) is 0.310. The Morgan fingerprint density at radius 2 is 1.70 bits per heavy atom. The third-order valence-electron chi connectivity index (χ3n) is 5.10. The van der Waals surface area contributed by atoms with Gasteiger partial charge < -0.3 is 5.32 Å². The van der Waals surface area contributed by atoms with Gasteiger partial charge in [0.05, 0.1) is 6.04 Å². The second-order valence-electron chi connectivity index (χ2n) is 8.38. The molecule has 0 heterocycles. The summed E-state index contributed by atoms with van der Waals surface area (Å²) in [5.41, 5.74) is 7.45. The molecule has 0 spiro atoms. The van der Waals surface area contributed by atoms with Crippen molar-refractivity contribution in [2.45, 2.75) is 53.5 Å². The highest BCUT2D eigenvalue weighted by Gasteiger charge is 2.11. The summed E-state index contributed by atoms with van der Waals surface area (Å²) in [7, 11) is 0. The minimum Gasteiger partial charge on any atom is -0.384 e. The molecule has 0 fully saturated rings. The average molecular weight is 400 g/mol. The monoisotopic (exact) mass is 399 g/mol. The third-order valence-corrected chi connectivity index (χ3v) is 5.10. The van der Waals surface area contributed by atoms with E-state index in [1.807, 2.05) is 6.08 Å². The van der Waals surface area contributed by atoms with Crippen LogP contribution in [0.15, 0.2) is 85.1 Å². The molecule has 1 unspecified atom stereocenters. The summed E-state index contributed by atoms with van der Waals surface area (Å²) in [5, 5.41) is 3.67. The van der Waals surface area contributed by atoms with Crippen LogP contribution in [0.2, 0.25) is 0 Å². The van der Waals surface area contributed by atoms with Gasteiger partial charge in [0.2, 0.25) is 0 Å². The van der Waals surface area contributed by atoms with Crippen LogP contribution in [-0.4, -0.2) is 0 Å². The first-order chi connectivity index (χ1) is 14.4. The van der Waals surface area contributed by atoms with Crippen LogP contribution < -0.4 is 5.32 Å². The van der Waals surface area contributed by atoms with Gasteiger partial charge in [-0.1, -0.05) is 106 Å². The van der Waals surface area contributed by atoms with E-state index < -0.39 is 0 Å². The Labute approximate surface area is 183 Å². The number of allylic oxidation sites excluding steroid dienone is 5. The summed E-state index contributed by atoms with van der Waals surface area (Å²) in [6.07, 6.45) is 12.9. The van der Waals surface area contributed by atoms with Crippen molar-refractivity contribution in [2.75, 3.05) is 0 Å². The van der Waals surface area contributed by atoms with Gasteiger partial charge in [-0.25, -0.2) is 0 Å². The predicted octanol–water partition coefficient (Wildman–Crippen LogP) is 8.27. The van der Waals surface area contributed by atoms with E-state index in [1.165, 1.54) is 27.8 Å². The Bertz CT molecular complexity index is 877. The quantitative estimate of drug-likeness (QED) is 0.396. The Morgan fingerprint density at radius 1 is 1.03 bits per heavy atom. The smallest absolute Gasteiger partial charge is 0.0510 e. The molecule has 2 rings (SSSR count). The number of hydrogen-bond acceptors (Lipinski definition) is 1. The third kappa shape index (κ3) is 7.55. The van der Waals surface area contributed by atoms with Crippen LogP contribution in [0.1, 0.15) is 68.8 Å². The number of nitrogens with one attached hydrogen (secondary N) is 1. The number of aryl methyl sites for hydroxylation is 1. The highest BCUT2D eigenvalue weighted by molar-refractivity contribution is 5.76. The van der Waals surface area contributed by atoms with Crippen molar-refractivity contribution >= 4 is 11.6 Å². The molecule has 1 heteroatoms. The lowest BCUT2D eigenvalue weighted by Crippen LogP contribution is -2.18. The molecule has 0 radical (unpaired) electrons. The zero-order valence-corrected chi connectivity index (χ0v) is 19.3. The van der Waals surface area contributed by atoms with E-state index in [0.29, 0.717) is 12.0 Å². The molecule has 2 aromatic rings. The molecule has 0 amide bonds. The maximum absolute atomic E-state index is 3.85. The molecule has 0 aliphatic heterocycles. The molecule has 2 aromatic carbocycles. The van der Waals surface area contributed by atoms with Crippen molar-refractivity contribution in [3.05, 3.63) is 107 Å². The Kier molecular flexibility index (Phi) is 9.41. The van der Waals surface area contributed by atoms with E-state index in [0.717, 1.165) is 18.4 Å². The lowest BCUT2D eigenvalue weighted by molar-refractivity contribution is 0.468. The molecule has 0 saturated carbocycles. The van der Waals surface area contributed by atoms with E-state index in [1.54, 1.807) is 0 Å². The van der Waals surface area contributed by atoms with Gasteiger partial charge >= 0.3 is 0 Å². The van der Waals surface area contributed by atoms with Crippen molar-refractivity contribution in [1.29, 1.82) is 0 Å². The van der Waals surface area contributed by atoms with Crippen LogP contribution >= 0.6 is 0 Å². The molecule has 0 aromatic heterocycles. The van der Waals surface area contributed by atoms with Crippen LogP contribution in [0.5, 0.6) is 0 Å². The molecular weight excluding hydrogens is 362 g/mol. The van der Waals surface area contributed by atoms with E-state index in [-0.39, 0.29) is 0 Å². The predicted molar refractivity (Wildman–Crippen MR) is 134 cm³/mol. The van der Waals surface area contributed by atoms with Gasteiger partial charge in [0.15, 0.2) is 0 Å². The molecule has 0 saturated heterocycles. The Balaban J connectivity index is 2.25. The standard InChI is InChI=1S/C29H37N/c1-7-9-10-28(26-15-11-23(5)12-16-26)20-24(6)21-30-29(19-22(3)4)27-17-13-25(8-2)14-18-27/h8-18,20-22,29-30H,2,7,19H2,1,3-6H3/b10-9-,24-21+,28-20+. The maximum Gasteiger partial charge on any atom is 0.0510 e. The fourth-order valence-corrected chi connectivity index (χ4v) is 3.37. The van der Waals surface area contributed by atoms with Gasteiger partial charge in [-0.3, -0.25) is 0 Å². The highest BCUT2D eigenvalue weighted by atomic mass is 14.9. The van der Waals surface area contributed by atoms with Crippen LogP contribution in [0.25, 0.3) is 11.6 Å². The topological polar surface area (TPSA) is 12.0 Å². The Hall–Kier alpha value is -2.80. The van der Waals surface area contributed by atoms with Crippen LogP contribution in [0, 0.1) is 12.8 Å². The van der Waals surface area contributed by atoms with Gasteiger partial charge in [0, 0.05) is 0 Å². The summed E-state index contributed by atoms with van der Waals surface area (Å²) >= 11 is 0. The van der Waals surface area contributed by atoms with Crippen LogP contribution in [0.4, 0.5) is 0 Å². The normalized spacial score (nSPS) is 13.7. The van der Waals surface area contributed by atoms with Gasteiger partial charge in [-0.05, 0) is 66.6 Å². The summed E-state index contributed by atoms with van der Waals surface area (Å²) in [4.78, 5) is 0. The summed E-state index contributed by atoms with van der Waals surface area (Å²) in [6, 6.07) is 17.7. The largest absolute Gasteiger partial charge is 0.384 e. The minimum absolute atomic E-state index is 0.293. The average Bonchev–Trinajstić information content (AvgIpc) is 2.74. The van der Waals surface area contributed by atoms with Crippen molar-refractivity contribution in [2.24, 2.45) is 5.92 Å².